The Labute approximate surface area is 517 Å². The van der Waals surface area contributed by atoms with Crippen LogP contribution in [0.3, 0.4) is 0 Å². The fraction of sp³-hybridized carbons (Fsp3) is 0.967. The van der Waals surface area contributed by atoms with Crippen molar-refractivity contribution in [2.24, 2.45) is 45.3 Å². The predicted molar refractivity (Wildman–Crippen MR) is 300 cm³/mol. The minimum Gasteiger partial charge on any atom is -0.394 e. The normalized spacial score (nSPS) is 51.8. The highest BCUT2D eigenvalue weighted by Crippen LogP contribution is 2.75. The number of aliphatic hydroxyl groups is 19. The third-order valence-electron chi connectivity index (χ3n) is 22.9. The zero-order valence-corrected chi connectivity index (χ0v) is 51.8. The molecule has 89 heavy (non-hydrogen) atoms. The Morgan fingerprint density at radius 1 is 0.517 bits per heavy atom. The minimum atomic E-state index is -2.00. The molecule has 0 aromatic heterocycles. The lowest BCUT2D eigenvalue weighted by Gasteiger charge is -2.67. The van der Waals surface area contributed by atoms with Crippen molar-refractivity contribution in [3.8, 4) is 0 Å². The number of rotatable bonds is 20. The van der Waals surface area contributed by atoms with Gasteiger partial charge in [0.2, 0.25) is 0 Å². The molecule has 516 valence electrons. The van der Waals surface area contributed by atoms with Crippen LogP contribution >= 0.6 is 0 Å². The van der Waals surface area contributed by atoms with Crippen LogP contribution in [0.1, 0.15) is 107 Å². The van der Waals surface area contributed by atoms with E-state index >= 15 is 0 Å². The SMILES string of the molecule is C[C@H](CC[C@@H](O[C@@H]1O[C@H](CO)[C@@H](O)[C@H](O)[C@H]1O[C@@H]1O[C@H](CO[C@@H]2O[C@H](CO)[C@@H](O)[C@H](O)[C@H]2O)[C@@H](O)[C@H](O)[C@H]1O)C(C)(C)O)[C@H]1CC[C@@]2(C)[C@@H]3CC=C4[C@@H](CC[C@H](O[C@@H]5O[C@H](CO[C@@H]6O[C@H](CO)[C@@H](O)[C@H](O)[C@H]6O)[C@@H](O)[C@H](O)[C@H]5O)C4(C)C)[C@]3(C)[C@H](O)C[C@]12C. The van der Waals surface area contributed by atoms with E-state index in [2.05, 4.69) is 33.8 Å². The van der Waals surface area contributed by atoms with Gasteiger partial charge in [0, 0.05) is 10.8 Å². The topological polar surface area (TPSA) is 477 Å². The molecule has 9 rings (SSSR count). The zero-order chi connectivity index (χ0) is 65.5. The second-order valence-electron chi connectivity index (χ2n) is 28.7. The Balaban J connectivity index is 0.854. The molecule has 5 saturated heterocycles. The summed E-state index contributed by atoms with van der Waals surface area (Å²) >= 11 is 0. The Morgan fingerprint density at radius 3 is 1.44 bits per heavy atom. The molecule has 0 aromatic rings. The van der Waals surface area contributed by atoms with Crippen molar-refractivity contribution in [1.82, 2.24) is 0 Å². The van der Waals surface area contributed by atoms with E-state index in [0.717, 1.165) is 18.4 Å². The first-order chi connectivity index (χ1) is 41.6. The van der Waals surface area contributed by atoms with Gasteiger partial charge in [0.15, 0.2) is 31.5 Å². The maximum atomic E-state index is 12.8. The predicted octanol–water partition coefficient (Wildman–Crippen LogP) is -5.41. The van der Waals surface area contributed by atoms with Gasteiger partial charge in [-0.1, -0.05) is 53.2 Å². The van der Waals surface area contributed by atoms with Gasteiger partial charge in [-0.3, -0.25) is 0 Å². The van der Waals surface area contributed by atoms with Gasteiger partial charge in [-0.05, 0) is 99.7 Å². The summed E-state index contributed by atoms with van der Waals surface area (Å²) in [6, 6.07) is 0. The largest absolute Gasteiger partial charge is 0.394 e. The van der Waals surface area contributed by atoms with Gasteiger partial charge < -0.3 is 144 Å². The van der Waals surface area contributed by atoms with Crippen LogP contribution in [-0.4, -0.2) is 308 Å². The van der Waals surface area contributed by atoms with Crippen LogP contribution in [0.2, 0.25) is 0 Å². The summed E-state index contributed by atoms with van der Waals surface area (Å²) < 4.78 is 59.0. The lowest BCUT2D eigenvalue weighted by Crippen LogP contribution is -2.65. The molecule has 29 heteroatoms. The molecular weight excluding hydrogens is 1180 g/mol. The minimum absolute atomic E-state index is 0.0123. The van der Waals surface area contributed by atoms with Crippen molar-refractivity contribution < 1.29 is 144 Å². The highest BCUT2D eigenvalue weighted by atomic mass is 16.8. The zero-order valence-electron chi connectivity index (χ0n) is 51.8. The summed E-state index contributed by atoms with van der Waals surface area (Å²) in [6.07, 6.45) is -37.2. The summed E-state index contributed by atoms with van der Waals surface area (Å²) in [5.41, 5.74) is -2.38. The highest BCUT2D eigenvalue weighted by molar-refractivity contribution is 5.32. The number of aliphatic hydroxyl groups excluding tert-OH is 18. The van der Waals surface area contributed by atoms with E-state index in [9.17, 15) is 97.0 Å². The lowest BCUT2D eigenvalue weighted by atomic mass is 9.38. The van der Waals surface area contributed by atoms with E-state index in [4.69, 9.17) is 47.4 Å². The second-order valence-corrected chi connectivity index (χ2v) is 28.7. The summed E-state index contributed by atoms with van der Waals surface area (Å²) in [5, 5.41) is 205. The number of ether oxygens (including phenoxy) is 10. The number of allylic oxidation sites excluding steroid dienone is 1. The molecule has 5 heterocycles. The number of fused-ring (bicyclic) bond motifs is 5. The quantitative estimate of drug-likeness (QED) is 0.0506. The molecule has 8 fully saturated rings. The van der Waals surface area contributed by atoms with Gasteiger partial charge in [0.25, 0.3) is 0 Å². The maximum Gasteiger partial charge on any atom is 0.187 e. The summed E-state index contributed by atoms with van der Waals surface area (Å²) in [5.74, 6) is 0.0527. The monoisotopic (exact) mass is 1290 g/mol. The molecule has 0 radical (unpaired) electrons. The molecule has 0 bridgehead atoms. The number of hydrogen-bond acceptors (Lipinski definition) is 29. The maximum absolute atomic E-state index is 12.8. The van der Waals surface area contributed by atoms with Gasteiger partial charge in [0.05, 0.1) is 56.9 Å². The summed E-state index contributed by atoms with van der Waals surface area (Å²) in [6.45, 7) is 12.7. The molecule has 4 aliphatic carbocycles. The van der Waals surface area contributed by atoms with E-state index in [1.165, 1.54) is 13.8 Å². The fourth-order valence-corrected chi connectivity index (χ4v) is 17.0. The van der Waals surface area contributed by atoms with Gasteiger partial charge in [-0.25, -0.2) is 0 Å². The first-order valence-corrected chi connectivity index (χ1v) is 31.6. The lowest BCUT2D eigenvalue weighted by molar-refractivity contribution is -0.379. The molecule has 29 nitrogen and oxygen atoms in total. The Morgan fingerprint density at radius 2 is 0.955 bits per heavy atom. The molecule has 35 atom stereocenters. The van der Waals surface area contributed by atoms with Gasteiger partial charge in [-0.2, -0.15) is 0 Å². The third-order valence-corrected chi connectivity index (χ3v) is 22.9. The number of hydrogen-bond donors (Lipinski definition) is 19. The Kier molecular flexibility index (Phi) is 22.3. The highest BCUT2D eigenvalue weighted by Gasteiger charge is 2.70. The average Bonchev–Trinajstić information content (AvgIpc) is 1.67. The van der Waals surface area contributed by atoms with Crippen LogP contribution in [0.15, 0.2) is 11.6 Å². The molecule has 5 aliphatic heterocycles. The fourth-order valence-electron chi connectivity index (χ4n) is 17.0. The smallest absolute Gasteiger partial charge is 0.187 e. The summed E-state index contributed by atoms with van der Waals surface area (Å²) in [7, 11) is 0. The second kappa shape index (κ2) is 27.6. The van der Waals surface area contributed by atoms with Crippen molar-refractivity contribution in [2.75, 3.05) is 33.0 Å². The molecule has 3 saturated carbocycles. The van der Waals surface area contributed by atoms with Gasteiger partial charge in [-0.15, -0.1) is 0 Å². The van der Waals surface area contributed by atoms with Crippen molar-refractivity contribution >= 4 is 0 Å². The first kappa shape index (κ1) is 71.9. The Bertz CT molecular complexity index is 2350. The molecule has 9 aliphatic rings. The van der Waals surface area contributed by atoms with E-state index in [1.807, 2.05) is 13.8 Å². The van der Waals surface area contributed by atoms with Crippen LogP contribution in [0.4, 0.5) is 0 Å². The molecule has 19 N–H and O–H groups in total. The van der Waals surface area contributed by atoms with Crippen LogP contribution in [0.5, 0.6) is 0 Å². The van der Waals surface area contributed by atoms with Crippen LogP contribution in [0, 0.1) is 45.3 Å². The Hall–Kier alpha value is -1.42. The van der Waals surface area contributed by atoms with Gasteiger partial charge in [0.1, 0.15) is 122 Å². The van der Waals surface area contributed by atoms with Crippen LogP contribution in [-0.2, 0) is 47.4 Å². The van der Waals surface area contributed by atoms with Crippen molar-refractivity contribution in [2.45, 2.75) is 284 Å². The average molecular weight is 1290 g/mol. The van der Waals surface area contributed by atoms with E-state index < -0.39 is 221 Å². The molecule has 0 amide bonds. The van der Waals surface area contributed by atoms with Crippen molar-refractivity contribution in [3.05, 3.63) is 11.6 Å². The van der Waals surface area contributed by atoms with Crippen molar-refractivity contribution in [1.29, 1.82) is 0 Å². The van der Waals surface area contributed by atoms with Crippen LogP contribution < -0.4 is 0 Å². The van der Waals surface area contributed by atoms with E-state index in [0.29, 0.717) is 32.1 Å². The van der Waals surface area contributed by atoms with Crippen LogP contribution in [0.25, 0.3) is 0 Å². The third kappa shape index (κ3) is 13.1. The summed E-state index contributed by atoms with van der Waals surface area (Å²) in [4.78, 5) is 0. The first-order valence-electron chi connectivity index (χ1n) is 31.6. The van der Waals surface area contributed by atoms with Crippen molar-refractivity contribution in [3.63, 3.8) is 0 Å². The molecule has 0 unspecified atom stereocenters. The standard InChI is InChI=1S/C60H102O29/c1-23(9-13-35(57(4,5)79)88-55-50(45(74)38(67)29(20-63)84-55)89-54-49(78)44(73)40(69)31(86-54)22-81-52-47(76)42(71)37(66)28(19-62)83-52)24-15-16-58(6)32-12-10-25-26(60(32,8)33(64)17-59(24,58)7)11-14-34(56(25,2)3)87-53-48(77)43(72)39(68)30(85-53)21-80-51-46(75)41(70)36(65)27(18-61)82-51/h10,23-24,26-55,61-79H,9,11-22H2,1-8H3/t23-,24-,26-,27-,28-,29-,30-,31-,32+,33-,34+,35-,36-,37-,38-,39-,40-,41+,42+,43+,44+,45+,46-,47-,48-,49-,50-,51-,52-,53+,54+,55+,58+,59-,60+/m1/s1. The molecule has 0 spiro atoms. The molecule has 0 aromatic carbocycles. The van der Waals surface area contributed by atoms with E-state index in [1.54, 1.807) is 0 Å². The molecular formula is C60H102O29. The van der Waals surface area contributed by atoms with Gasteiger partial charge >= 0.3 is 0 Å². The van der Waals surface area contributed by atoms with E-state index in [-0.39, 0.29) is 40.9 Å².